The standard InChI is InChI=1S/C27H31ClN4O4S/c1-4-12-32-21(17-30-13-14-31(18(3)16-30)25(33)22-7-6-15-37-22)23(26(34)36-5-2)24(29-27(32)35)19-8-10-20(28)11-9-19/h4,6-11,15,18,24H,1,5,12-14,16-17H2,2-3H3,(H,29,35)/t18-,24+/m1/s1. The first-order valence-corrected chi connectivity index (χ1v) is 13.5. The van der Waals surface area contributed by atoms with E-state index in [0.717, 1.165) is 10.4 Å². The first-order valence-electron chi connectivity index (χ1n) is 12.2. The minimum Gasteiger partial charge on any atom is -0.463 e. The Bertz CT molecular complexity index is 1180. The van der Waals surface area contributed by atoms with Gasteiger partial charge in [0.2, 0.25) is 0 Å². The number of rotatable bonds is 8. The van der Waals surface area contributed by atoms with E-state index in [1.54, 1.807) is 42.2 Å². The lowest BCUT2D eigenvalue weighted by Gasteiger charge is -2.42. The zero-order valence-corrected chi connectivity index (χ0v) is 22.6. The Balaban J connectivity index is 1.66. The van der Waals surface area contributed by atoms with Gasteiger partial charge in [-0.05, 0) is 43.0 Å². The third kappa shape index (κ3) is 5.89. The number of nitrogens with zero attached hydrogens (tertiary/aromatic N) is 3. The van der Waals surface area contributed by atoms with Gasteiger partial charge in [0.15, 0.2) is 0 Å². The number of nitrogens with one attached hydrogen (secondary N) is 1. The third-order valence-electron chi connectivity index (χ3n) is 6.53. The number of hydrogen-bond donors (Lipinski definition) is 1. The van der Waals surface area contributed by atoms with Crippen LogP contribution in [0.15, 0.2) is 65.7 Å². The van der Waals surface area contributed by atoms with Crippen LogP contribution in [0.2, 0.25) is 5.02 Å². The van der Waals surface area contributed by atoms with Crippen LogP contribution in [0.3, 0.4) is 0 Å². The summed E-state index contributed by atoms with van der Waals surface area (Å²) in [5.74, 6) is -0.451. The Morgan fingerprint density at radius 1 is 1.24 bits per heavy atom. The van der Waals surface area contributed by atoms with Crippen LogP contribution in [0.4, 0.5) is 4.79 Å². The molecule has 0 unspecified atom stereocenters. The maximum atomic E-state index is 13.3. The molecule has 0 radical (unpaired) electrons. The minimum absolute atomic E-state index is 0.0294. The summed E-state index contributed by atoms with van der Waals surface area (Å²) < 4.78 is 5.45. The molecule has 2 aliphatic heterocycles. The number of thiophene rings is 1. The van der Waals surface area contributed by atoms with Crippen molar-refractivity contribution in [3.63, 3.8) is 0 Å². The van der Waals surface area contributed by atoms with Crippen LogP contribution in [0.5, 0.6) is 0 Å². The van der Waals surface area contributed by atoms with Gasteiger partial charge < -0.3 is 15.0 Å². The van der Waals surface area contributed by atoms with E-state index in [0.29, 0.717) is 42.5 Å². The second-order valence-corrected chi connectivity index (χ2v) is 10.4. The lowest BCUT2D eigenvalue weighted by molar-refractivity contribution is -0.139. The normalized spacial score (nSPS) is 20.6. The van der Waals surface area contributed by atoms with Crippen LogP contribution in [0.25, 0.3) is 0 Å². The molecule has 2 atom stereocenters. The third-order valence-corrected chi connectivity index (χ3v) is 7.64. The summed E-state index contributed by atoms with van der Waals surface area (Å²) in [6, 6.07) is 9.73. The van der Waals surface area contributed by atoms with E-state index >= 15 is 0 Å². The van der Waals surface area contributed by atoms with Gasteiger partial charge in [-0.25, -0.2) is 9.59 Å². The van der Waals surface area contributed by atoms with E-state index in [1.165, 1.54) is 11.3 Å². The molecule has 8 nitrogen and oxygen atoms in total. The molecule has 4 rings (SSSR count). The quantitative estimate of drug-likeness (QED) is 0.397. The molecule has 0 aliphatic carbocycles. The largest absolute Gasteiger partial charge is 0.463 e. The second-order valence-electron chi connectivity index (χ2n) is 8.97. The summed E-state index contributed by atoms with van der Waals surface area (Å²) in [5.41, 5.74) is 1.69. The van der Waals surface area contributed by atoms with Gasteiger partial charge in [-0.3, -0.25) is 14.6 Å². The number of amides is 3. The van der Waals surface area contributed by atoms with Gasteiger partial charge in [0, 0.05) is 49.5 Å². The maximum absolute atomic E-state index is 13.3. The Labute approximate surface area is 226 Å². The molecule has 3 amide bonds. The molecule has 0 spiro atoms. The number of halogens is 1. The van der Waals surface area contributed by atoms with Crippen molar-refractivity contribution in [1.82, 2.24) is 20.0 Å². The van der Waals surface area contributed by atoms with E-state index in [1.807, 2.05) is 29.3 Å². The van der Waals surface area contributed by atoms with Gasteiger partial charge in [-0.1, -0.05) is 35.9 Å². The maximum Gasteiger partial charge on any atom is 0.338 e. The highest BCUT2D eigenvalue weighted by Gasteiger charge is 2.39. The number of ether oxygens (including phenoxy) is 1. The number of carbonyl (C=O) groups excluding carboxylic acids is 3. The minimum atomic E-state index is -0.681. The topological polar surface area (TPSA) is 82.2 Å². The molecule has 1 saturated heterocycles. The molecule has 37 heavy (non-hydrogen) atoms. The molecule has 0 saturated carbocycles. The van der Waals surface area contributed by atoms with Crippen molar-refractivity contribution in [2.24, 2.45) is 0 Å². The SMILES string of the molecule is C=CCN1C(=O)N[C@@H](c2ccc(Cl)cc2)C(C(=O)OCC)=C1CN1CCN(C(=O)c2cccs2)[C@H](C)C1. The van der Waals surface area contributed by atoms with Crippen molar-refractivity contribution in [1.29, 1.82) is 0 Å². The van der Waals surface area contributed by atoms with Gasteiger partial charge in [-0.15, -0.1) is 17.9 Å². The summed E-state index contributed by atoms with van der Waals surface area (Å²) >= 11 is 7.52. The number of hydrogen-bond acceptors (Lipinski definition) is 6. The van der Waals surface area contributed by atoms with Crippen LogP contribution in [-0.4, -0.2) is 78.0 Å². The number of urea groups is 1. The number of esters is 1. The zero-order valence-electron chi connectivity index (χ0n) is 21.0. The molecule has 0 bridgehead atoms. The Morgan fingerprint density at radius 3 is 2.62 bits per heavy atom. The van der Waals surface area contributed by atoms with Crippen molar-refractivity contribution in [2.75, 3.05) is 39.3 Å². The predicted molar refractivity (Wildman–Crippen MR) is 145 cm³/mol. The van der Waals surface area contributed by atoms with Gasteiger partial charge >= 0.3 is 12.0 Å². The summed E-state index contributed by atoms with van der Waals surface area (Å²) in [6.07, 6.45) is 1.63. The molecular weight excluding hydrogens is 512 g/mol. The average molecular weight is 543 g/mol. The summed E-state index contributed by atoms with van der Waals surface area (Å²) in [6.45, 7) is 10.1. The number of carbonyl (C=O) groups is 3. The molecule has 3 heterocycles. The number of benzene rings is 1. The van der Waals surface area contributed by atoms with Gasteiger partial charge in [0.25, 0.3) is 5.91 Å². The fourth-order valence-corrected chi connectivity index (χ4v) is 5.59. The van der Waals surface area contributed by atoms with Gasteiger partial charge in [0.1, 0.15) is 0 Å². The van der Waals surface area contributed by atoms with E-state index in [4.69, 9.17) is 16.3 Å². The van der Waals surface area contributed by atoms with Crippen LogP contribution < -0.4 is 5.32 Å². The summed E-state index contributed by atoms with van der Waals surface area (Å²) in [7, 11) is 0. The van der Waals surface area contributed by atoms with Crippen molar-refractivity contribution in [3.05, 3.63) is 81.2 Å². The molecule has 10 heteroatoms. The van der Waals surface area contributed by atoms with Crippen LogP contribution >= 0.6 is 22.9 Å². The first-order chi connectivity index (χ1) is 17.8. The fourth-order valence-electron chi connectivity index (χ4n) is 4.78. The monoisotopic (exact) mass is 542 g/mol. The lowest BCUT2D eigenvalue weighted by Crippen LogP contribution is -2.56. The molecule has 1 fully saturated rings. The van der Waals surface area contributed by atoms with Gasteiger partial charge in [-0.2, -0.15) is 0 Å². The van der Waals surface area contributed by atoms with Crippen molar-refractivity contribution in [3.8, 4) is 0 Å². The molecule has 1 N–H and O–H groups in total. The van der Waals surface area contributed by atoms with E-state index in [9.17, 15) is 14.4 Å². The van der Waals surface area contributed by atoms with Crippen molar-refractivity contribution < 1.29 is 19.1 Å². The average Bonchev–Trinajstić information content (AvgIpc) is 3.41. The van der Waals surface area contributed by atoms with Crippen LogP contribution in [0.1, 0.15) is 35.1 Å². The smallest absolute Gasteiger partial charge is 0.338 e. The van der Waals surface area contributed by atoms with E-state index in [2.05, 4.69) is 16.8 Å². The summed E-state index contributed by atoms with van der Waals surface area (Å²) in [5, 5.41) is 5.42. The molecule has 1 aromatic carbocycles. The number of piperazine rings is 1. The van der Waals surface area contributed by atoms with E-state index < -0.39 is 12.0 Å². The van der Waals surface area contributed by atoms with Crippen molar-refractivity contribution >= 4 is 40.8 Å². The Kier molecular flexibility index (Phi) is 8.68. The molecule has 1 aromatic heterocycles. The van der Waals surface area contributed by atoms with Gasteiger partial charge in [0.05, 0.1) is 23.1 Å². The van der Waals surface area contributed by atoms with Crippen molar-refractivity contribution in [2.45, 2.75) is 25.9 Å². The Hall–Kier alpha value is -3.14. The molecular formula is C27H31ClN4O4S. The molecule has 2 aliphatic rings. The molecule has 196 valence electrons. The highest BCUT2D eigenvalue weighted by atomic mass is 35.5. The lowest BCUT2D eigenvalue weighted by atomic mass is 9.94. The highest BCUT2D eigenvalue weighted by Crippen LogP contribution is 2.33. The van der Waals surface area contributed by atoms with Crippen LogP contribution in [0, 0.1) is 0 Å². The summed E-state index contributed by atoms with van der Waals surface area (Å²) in [4.78, 5) is 45.8. The first kappa shape index (κ1) is 26.9. The Morgan fingerprint density at radius 2 is 2.00 bits per heavy atom. The highest BCUT2D eigenvalue weighted by molar-refractivity contribution is 7.12. The van der Waals surface area contributed by atoms with E-state index in [-0.39, 0.29) is 31.1 Å². The predicted octanol–water partition coefficient (Wildman–Crippen LogP) is 4.32. The zero-order chi connectivity index (χ0) is 26.5. The second kappa shape index (κ2) is 11.9. The fraction of sp³-hybridized carbons (Fsp3) is 0.370. The molecule has 2 aromatic rings. The van der Waals surface area contributed by atoms with Crippen LogP contribution in [-0.2, 0) is 9.53 Å².